The van der Waals surface area contributed by atoms with Gasteiger partial charge in [-0.2, -0.15) is 5.26 Å². The molecule has 4 N–H and O–H groups in total. The normalized spacial score (nSPS) is 10.8. The maximum atomic E-state index is 11.1. The number of hydrogen-bond acceptors (Lipinski definition) is 6. The van der Waals surface area contributed by atoms with E-state index in [1.54, 1.807) is 0 Å². The Balaban J connectivity index is 2.68. The van der Waals surface area contributed by atoms with Crippen molar-refractivity contribution in [3.05, 3.63) is 17.8 Å². The van der Waals surface area contributed by atoms with Gasteiger partial charge in [0.1, 0.15) is 11.9 Å². The predicted molar refractivity (Wildman–Crippen MR) is 64.7 cm³/mol. The van der Waals surface area contributed by atoms with Gasteiger partial charge in [-0.05, 0) is 13.1 Å². The second kappa shape index (κ2) is 5.47. The quantitative estimate of drug-likeness (QED) is 0.652. The molecule has 0 amide bonds. The zero-order chi connectivity index (χ0) is 12.9. The Morgan fingerprint density at radius 3 is 2.88 bits per heavy atom. The molecule has 0 aliphatic rings. The van der Waals surface area contributed by atoms with Crippen molar-refractivity contribution in [2.45, 2.75) is 0 Å². The molecule has 0 radical (unpaired) electrons. The van der Waals surface area contributed by atoms with Gasteiger partial charge in [0.25, 0.3) is 0 Å². The second-order valence-corrected chi connectivity index (χ2v) is 5.27. The molecule has 8 heteroatoms. The van der Waals surface area contributed by atoms with Gasteiger partial charge in [-0.3, -0.25) is 0 Å². The van der Waals surface area contributed by atoms with Crippen molar-refractivity contribution in [1.29, 1.82) is 5.26 Å². The van der Waals surface area contributed by atoms with Crippen molar-refractivity contribution in [2.24, 2.45) is 0 Å². The highest BCUT2D eigenvalue weighted by atomic mass is 32.2. The summed E-state index contributed by atoms with van der Waals surface area (Å²) < 4.78 is 24.5. The molecule has 1 heterocycles. The van der Waals surface area contributed by atoms with Crippen LogP contribution in [0, 0.1) is 11.3 Å². The summed E-state index contributed by atoms with van der Waals surface area (Å²) in [5, 5.41) is 11.6. The fourth-order valence-electron chi connectivity index (χ4n) is 1.11. The monoisotopic (exact) mass is 255 g/mol. The maximum absolute atomic E-state index is 11.1. The fourth-order valence-corrected chi connectivity index (χ4v) is 1.69. The van der Waals surface area contributed by atoms with E-state index in [1.807, 2.05) is 6.07 Å². The van der Waals surface area contributed by atoms with Crippen molar-refractivity contribution in [3.63, 3.8) is 0 Å². The van der Waals surface area contributed by atoms with Crippen LogP contribution in [0.4, 0.5) is 11.5 Å². The molecule has 0 fully saturated rings. The van der Waals surface area contributed by atoms with Crippen molar-refractivity contribution in [2.75, 3.05) is 30.4 Å². The second-order valence-electron chi connectivity index (χ2n) is 3.23. The molecule has 17 heavy (non-hydrogen) atoms. The van der Waals surface area contributed by atoms with Crippen LogP contribution in [-0.4, -0.2) is 32.7 Å². The van der Waals surface area contributed by atoms with Crippen molar-refractivity contribution in [1.82, 2.24) is 9.71 Å². The van der Waals surface area contributed by atoms with Crippen LogP contribution in [0.15, 0.2) is 12.3 Å². The lowest BCUT2D eigenvalue weighted by Gasteiger charge is -2.07. The molecule has 0 saturated carbocycles. The number of aromatic nitrogens is 1. The fraction of sp³-hybridized carbons (Fsp3) is 0.333. The molecule has 1 rings (SSSR count). The summed E-state index contributed by atoms with van der Waals surface area (Å²) in [5.41, 5.74) is 6.14. The largest absolute Gasteiger partial charge is 0.397 e. The van der Waals surface area contributed by atoms with Crippen molar-refractivity contribution >= 4 is 21.5 Å². The van der Waals surface area contributed by atoms with E-state index < -0.39 is 10.0 Å². The highest BCUT2D eigenvalue weighted by Gasteiger charge is 2.08. The maximum Gasteiger partial charge on any atom is 0.213 e. The van der Waals surface area contributed by atoms with Crippen LogP contribution in [0.3, 0.4) is 0 Å². The van der Waals surface area contributed by atoms with E-state index in [0.717, 1.165) is 0 Å². The Labute approximate surface area is 99.7 Å². The number of nitrogens with zero attached hydrogens (tertiary/aromatic N) is 2. The molecule has 0 unspecified atom stereocenters. The Morgan fingerprint density at radius 1 is 1.59 bits per heavy atom. The third-order valence-corrected chi connectivity index (χ3v) is 3.37. The number of sulfonamides is 1. The third kappa shape index (κ3) is 3.90. The summed E-state index contributed by atoms with van der Waals surface area (Å²) in [4.78, 5) is 3.92. The molecule has 7 nitrogen and oxygen atoms in total. The standard InChI is InChI=1S/C9H13N5O2S/c1-12-17(15,16)3-2-13-9-7(5-10)4-8(11)6-14-9/h4,6,12H,2-3,11H2,1H3,(H,13,14). The van der Waals surface area contributed by atoms with Crippen molar-refractivity contribution < 1.29 is 8.42 Å². The lowest BCUT2D eigenvalue weighted by molar-refractivity contribution is 0.588. The number of anilines is 2. The van der Waals surface area contributed by atoms with E-state index in [-0.39, 0.29) is 17.9 Å². The topological polar surface area (TPSA) is 121 Å². The zero-order valence-corrected chi connectivity index (χ0v) is 10.1. The predicted octanol–water partition coefficient (Wildman–Crippen LogP) is -0.503. The Kier molecular flexibility index (Phi) is 4.25. The molecule has 0 saturated heterocycles. The van der Waals surface area contributed by atoms with Gasteiger partial charge in [0.15, 0.2) is 0 Å². The van der Waals surface area contributed by atoms with Gasteiger partial charge in [0, 0.05) is 6.54 Å². The van der Waals surface area contributed by atoms with Crippen LogP contribution in [0.5, 0.6) is 0 Å². The first kappa shape index (κ1) is 13.2. The van der Waals surface area contributed by atoms with E-state index >= 15 is 0 Å². The molecule has 92 valence electrons. The summed E-state index contributed by atoms with van der Waals surface area (Å²) in [6, 6.07) is 3.40. The Bertz CT molecular complexity index is 535. The molecular weight excluding hydrogens is 242 g/mol. The lowest BCUT2D eigenvalue weighted by Crippen LogP contribution is -2.26. The molecule has 0 aliphatic carbocycles. The van der Waals surface area contributed by atoms with Gasteiger partial charge in [0.05, 0.1) is 23.2 Å². The van der Waals surface area contributed by atoms with Gasteiger partial charge in [-0.1, -0.05) is 0 Å². The molecule has 0 aliphatic heterocycles. The van der Waals surface area contributed by atoms with Crippen LogP contribution in [0.25, 0.3) is 0 Å². The minimum Gasteiger partial charge on any atom is -0.397 e. The summed E-state index contributed by atoms with van der Waals surface area (Å²) in [5.74, 6) is 0.230. The highest BCUT2D eigenvalue weighted by Crippen LogP contribution is 2.13. The first-order valence-electron chi connectivity index (χ1n) is 4.79. The van der Waals surface area contributed by atoms with E-state index in [0.29, 0.717) is 11.5 Å². The molecule has 1 aromatic rings. The number of nitrogen functional groups attached to an aromatic ring is 1. The third-order valence-electron chi connectivity index (χ3n) is 2.00. The zero-order valence-electron chi connectivity index (χ0n) is 9.27. The number of nitrogens with two attached hydrogens (primary N) is 1. The average Bonchev–Trinajstić information content (AvgIpc) is 2.30. The lowest BCUT2D eigenvalue weighted by atomic mass is 10.2. The van der Waals surface area contributed by atoms with Crippen molar-refractivity contribution in [3.8, 4) is 6.07 Å². The summed E-state index contributed by atoms with van der Waals surface area (Å²) in [6.45, 7) is 0.161. The minimum atomic E-state index is -3.27. The molecule has 0 atom stereocenters. The van der Waals surface area contributed by atoms with E-state index in [9.17, 15) is 8.42 Å². The Hall–Kier alpha value is -1.85. The average molecular weight is 255 g/mol. The van der Waals surface area contributed by atoms with Crippen LogP contribution < -0.4 is 15.8 Å². The smallest absolute Gasteiger partial charge is 0.213 e. The molecule has 0 bridgehead atoms. The van der Waals surface area contributed by atoms with E-state index in [2.05, 4.69) is 15.0 Å². The van der Waals surface area contributed by atoms with Gasteiger partial charge in [0.2, 0.25) is 10.0 Å². The first-order valence-corrected chi connectivity index (χ1v) is 6.44. The number of pyridine rings is 1. The highest BCUT2D eigenvalue weighted by molar-refractivity contribution is 7.89. The van der Waals surface area contributed by atoms with Crippen LogP contribution in [0.2, 0.25) is 0 Å². The molecule has 0 spiro atoms. The first-order chi connectivity index (χ1) is 7.98. The van der Waals surface area contributed by atoms with Gasteiger partial charge in [-0.25, -0.2) is 18.1 Å². The number of nitriles is 1. The van der Waals surface area contributed by atoms with Gasteiger partial charge in [-0.15, -0.1) is 0 Å². The number of hydrogen-bond donors (Lipinski definition) is 3. The summed E-state index contributed by atoms with van der Waals surface area (Å²) >= 11 is 0. The molecule has 1 aromatic heterocycles. The molecule has 0 aromatic carbocycles. The van der Waals surface area contributed by atoms with Crippen LogP contribution in [0.1, 0.15) is 5.56 Å². The summed E-state index contributed by atoms with van der Waals surface area (Å²) in [6.07, 6.45) is 1.40. The number of rotatable bonds is 5. The summed E-state index contributed by atoms with van der Waals surface area (Å²) in [7, 11) is -1.92. The van der Waals surface area contributed by atoms with Gasteiger partial charge >= 0.3 is 0 Å². The van der Waals surface area contributed by atoms with Crippen LogP contribution in [-0.2, 0) is 10.0 Å². The Morgan fingerprint density at radius 2 is 2.29 bits per heavy atom. The van der Waals surface area contributed by atoms with Gasteiger partial charge < -0.3 is 11.1 Å². The minimum absolute atomic E-state index is 0.0968. The molecular formula is C9H13N5O2S. The van der Waals surface area contributed by atoms with E-state index in [4.69, 9.17) is 11.0 Å². The van der Waals surface area contributed by atoms with E-state index in [1.165, 1.54) is 19.3 Å². The number of nitrogens with one attached hydrogen (secondary N) is 2. The van der Waals surface area contributed by atoms with Crippen LogP contribution >= 0.6 is 0 Å². The SMILES string of the molecule is CNS(=O)(=O)CCNc1ncc(N)cc1C#N.